The van der Waals surface area contributed by atoms with Gasteiger partial charge in [0, 0.05) is 0 Å². The van der Waals surface area contributed by atoms with Crippen molar-refractivity contribution >= 4 is 10.2 Å². The summed E-state index contributed by atoms with van der Waals surface area (Å²) in [6.07, 6.45) is 3.24. The van der Waals surface area contributed by atoms with Crippen LogP contribution >= 0.6 is 10.2 Å². The summed E-state index contributed by atoms with van der Waals surface area (Å²) < 4.78 is 63.2. The Balaban J connectivity index is 2.02. The van der Waals surface area contributed by atoms with Gasteiger partial charge in [0.25, 0.3) is 0 Å². The molecule has 0 aliphatic heterocycles. The molecule has 0 unspecified atom stereocenters. The van der Waals surface area contributed by atoms with Gasteiger partial charge < -0.3 is 0 Å². The fourth-order valence-electron chi connectivity index (χ4n) is 2.36. The van der Waals surface area contributed by atoms with Crippen LogP contribution < -0.4 is 0 Å². The van der Waals surface area contributed by atoms with Crippen LogP contribution in [0.3, 0.4) is 0 Å². The van der Waals surface area contributed by atoms with E-state index in [1.807, 2.05) is 24.3 Å². The van der Waals surface area contributed by atoms with Gasteiger partial charge in [-0.2, -0.15) is 0 Å². The zero-order valence-corrected chi connectivity index (χ0v) is 13.6. The Labute approximate surface area is 133 Å². The predicted molar refractivity (Wildman–Crippen MR) is 85.7 cm³/mol. The largest absolute Gasteiger partial charge is 0.310 e. The van der Waals surface area contributed by atoms with Crippen molar-refractivity contribution in [1.82, 2.24) is 0 Å². The van der Waals surface area contributed by atoms with Gasteiger partial charge >= 0.3 is 10.2 Å². The van der Waals surface area contributed by atoms with Crippen molar-refractivity contribution in [1.29, 1.82) is 0 Å². The first-order chi connectivity index (χ1) is 10.5. The number of benzene rings is 2. The second kappa shape index (κ2) is 5.51. The second-order valence-corrected chi connectivity index (χ2v) is 8.09. The minimum absolute atomic E-state index is 0.473. The summed E-state index contributed by atoms with van der Waals surface area (Å²) in [7, 11) is -9.56. The highest BCUT2D eigenvalue weighted by Gasteiger charge is 2.65. The average Bonchev–Trinajstić information content (AvgIpc) is 2.45. The third kappa shape index (κ3) is 5.23. The molecule has 0 saturated heterocycles. The van der Waals surface area contributed by atoms with Crippen LogP contribution in [0.15, 0.2) is 53.4 Å². The second-order valence-electron chi connectivity index (χ2n) is 5.68. The molecular formula is C17H19F5S. The maximum absolute atomic E-state index is 12.6. The van der Waals surface area contributed by atoms with Crippen molar-refractivity contribution in [2.24, 2.45) is 0 Å². The zero-order valence-electron chi connectivity index (χ0n) is 12.7. The number of hydrogen-bond donors (Lipinski definition) is 0. The Kier molecular flexibility index (Phi) is 4.26. The van der Waals surface area contributed by atoms with Gasteiger partial charge in [0.1, 0.15) is 4.90 Å². The fourth-order valence-corrected chi connectivity index (χ4v) is 3.01. The van der Waals surface area contributed by atoms with Crippen molar-refractivity contribution in [3.05, 3.63) is 65.2 Å². The van der Waals surface area contributed by atoms with E-state index in [9.17, 15) is 19.4 Å². The number of halogens is 5. The first-order valence-electron chi connectivity index (χ1n) is 7.39. The monoisotopic (exact) mass is 350 g/mol. The standard InChI is InChI=1S/C17H19F5S/c1-2-3-14-4-6-15(7-5-14)8-9-16-10-12-17(13-11-16)23(18,19,20,21)22/h4-7,10-13H,2-3,8-9H2,1H3. The highest BCUT2D eigenvalue weighted by molar-refractivity contribution is 8.45. The third-order valence-corrected chi connectivity index (χ3v) is 4.80. The smallest absolute Gasteiger partial charge is 0.0936 e. The molecule has 0 heterocycles. The Bertz CT molecular complexity index is 657. The molecule has 0 aliphatic carbocycles. The lowest BCUT2D eigenvalue weighted by Gasteiger charge is -2.40. The van der Waals surface area contributed by atoms with Crippen LogP contribution in [-0.2, 0) is 19.3 Å². The highest BCUT2D eigenvalue weighted by Crippen LogP contribution is 3.02. The van der Waals surface area contributed by atoms with E-state index in [0.29, 0.717) is 30.5 Å². The van der Waals surface area contributed by atoms with Crippen molar-refractivity contribution < 1.29 is 19.4 Å². The molecule has 0 aliphatic rings. The van der Waals surface area contributed by atoms with E-state index in [4.69, 9.17) is 0 Å². The van der Waals surface area contributed by atoms with Gasteiger partial charge in [-0.1, -0.05) is 69.2 Å². The molecule has 2 aromatic carbocycles. The van der Waals surface area contributed by atoms with E-state index in [1.54, 1.807) is 0 Å². The summed E-state index contributed by atoms with van der Waals surface area (Å²) in [5.41, 5.74) is 2.92. The van der Waals surface area contributed by atoms with E-state index in [0.717, 1.165) is 30.5 Å². The van der Waals surface area contributed by atoms with Gasteiger partial charge in [-0.25, -0.2) is 0 Å². The number of rotatable bonds is 6. The van der Waals surface area contributed by atoms with Crippen LogP contribution in [0, 0.1) is 0 Å². The molecule has 128 valence electrons. The third-order valence-electron chi connectivity index (χ3n) is 3.63. The maximum atomic E-state index is 12.6. The van der Waals surface area contributed by atoms with E-state index >= 15 is 0 Å². The predicted octanol–water partition coefficient (Wildman–Crippen LogP) is 7.08. The number of aryl methyl sites for hydroxylation is 3. The maximum Gasteiger partial charge on any atom is 0.310 e. The fraction of sp³-hybridized carbons (Fsp3) is 0.294. The molecule has 2 rings (SSSR count). The zero-order chi connectivity index (χ0) is 17.2. The molecule has 0 bridgehead atoms. The topological polar surface area (TPSA) is 0 Å². The molecule has 0 fully saturated rings. The molecule has 6 heteroatoms. The van der Waals surface area contributed by atoms with Crippen molar-refractivity contribution in [3.8, 4) is 0 Å². The minimum atomic E-state index is -9.56. The first kappa shape index (κ1) is 17.8. The summed E-state index contributed by atoms with van der Waals surface area (Å²) in [4.78, 5) is -1.84. The lowest BCUT2D eigenvalue weighted by atomic mass is 10.0. The molecule has 0 atom stereocenters. The lowest BCUT2D eigenvalue weighted by Crippen LogP contribution is -2.06. The van der Waals surface area contributed by atoms with E-state index in [1.165, 1.54) is 5.56 Å². The van der Waals surface area contributed by atoms with Crippen LogP contribution in [0.25, 0.3) is 0 Å². The van der Waals surface area contributed by atoms with Gasteiger partial charge in [-0.15, -0.1) is 0 Å². The summed E-state index contributed by atoms with van der Waals surface area (Å²) in [5.74, 6) is 0. The van der Waals surface area contributed by atoms with Crippen LogP contribution in [0.2, 0.25) is 0 Å². The molecule has 0 spiro atoms. The van der Waals surface area contributed by atoms with Gasteiger partial charge in [0.05, 0.1) is 0 Å². The van der Waals surface area contributed by atoms with Crippen LogP contribution in [0.5, 0.6) is 0 Å². The minimum Gasteiger partial charge on any atom is -0.0936 e. The Morgan fingerprint density at radius 2 is 0.957 bits per heavy atom. The molecular weight excluding hydrogens is 331 g/mol. The van der Waals surface area contributed by atoms with Crippen LogP contribution in [0.4, 0.5) is 19.4 Å². The summed E-state index contributed by atoms with van der Waals surface area (Å²) >= 11 is 0. The van der Waals surface area contributed by atoms with Crippen LogP contribution in [-0.4, -0.2) is 0 Å². The molecule has 0 aromatic heterocycles. The SMILES string of the molecule is CCCc1ccc(CCc2ccc(S(F)(F)(F)(F)F)cc2)cc1. The van der Waals surface area contributed by atoms with Gasteiger partial charge in [-0.3, -0.25) is 0 Å². The Hall–Kier alpha value is -1.56. The Morgan fingerprint density at radius 1 is 0.609 bits per heavy atom. The molecule has 0 nitrogen and oxygen atoms in total. The van der Waals surface area contributed by atoms with E-state index < -0.39 is 15.1 Å². The quantitative estimate of drug-likeness (QED) is 0.488. The highest BCUT2D eigenvalue weighted by atomic mass is 32.5. The van der Waals surface area contributed by atoms with Gasteiger partial charge in [0.2, 0.25) is 0 Å². The van der Waals surface area contributed by atoms with Crippen molar-refractivity contribution in [3.63, 3.8) is 0 Å². The van der Waals surface area contributed by atoms with Crippen molar-refractivity contribution in [2.75, 3.05) is 0 Å². The van der Waals surface area contributed by atoms with E-state index in [-0.39, 0.29) is 0 Å². The van der Waals surface area contributed by atoms with Gasteiger partial charge in [0.15, 0.2) is 0 Å². The number of hydrogen-bond acceptors (Lipinski definition) is 0. The lowest BCUT2D eigenvalue weighted by molar-refractivity contribution is 0.364. The molecule has 0 amide bonds. The summed E-state index contributed by atoms with van der Waals surface area (Å²) in [6, 6.07) is 11.3. The Morgan fingerprint density at radius 3 is 1.30 bits per heavy atom. The molecule has 0 saturated carbocycles. The molecule has 0 radical (unpaired) electrons. The summed E-state index contributed by atoms with van der Waals surface area (Å²) in [5, 5.41) is 0. The van der Waals surface area contributed by atoms with E-state index in [2.05, 4.69) is 6.92 Å². The molecule has 23 heavy (non-hydrogen) atoms. The van der Waals surface area contributed by atoms with Crippen molar-refractivity contribution in [2.45, 2.75) is 37.5 Å². The van der Waals surface area contributed by atoms with Gasteiger partial charge in [-0.05, 0) is 48.1 Å². The summed E-state index contributed by atoms with van der Waals surface area (Å²) in [6.45, 7) is 2.10. The average molecular weight is 350 g/mol. The molecule has 2 aromatic rings. The normalized spacial score (nSPS) is 15.0. The van der Waals surface area contributed by atoms with Crippen LogP contribution in [0.1, 0.15) is 30.0 Å². The molecule has 0 N–H and O–H groups in total. The first-order valence-corrected chi connectivity index (χ1v) is 9.34.